The second-order valence-corrected chi connectivity index (χ2v) is 6.00. The fourth-order valence-electron chi connectivity index (χ4n) is 2.80. The molecule has 28 heavy (non-hydrogen) atoms. The summed E-state index contributed by atoms with van der Waals surface area (Å²) in [6.45, 7) is 0.825. The Balaban J connectivity index is 1.42. The van der Waals surface area contributed by atoms with Crippen LogP contribution in [-0.2, 0) is 6.54 Å². The number of benzene rings is 2. The Morgan fingerprint density at radius 2 is 1.82 bits per heavy atom. The van der Waals surface area contributed by atoms with Crippen molar-refractivity contribution in [1.82, 2.24) is 9.97 Å². The Morgan fingerprint density at radius 3 is 2.68 bits per heavy atom. The Kier molecular flexibility index (Phi) is 5.01. The molecule has 3 aromatic rings. The molecule has 1 aromatic heterocycles. The normalized spacial score (nSPS) is 11.8. The van der Waals surface area contributed by atoms with Crippen LogP contribution in [0.25, 0.3) is 0 Å². The lowest BCUT2D eigenvalue weighted by Gasteiger charge is -2.11. The van der Waals surface area contributed by atoms with E-state index in [9.17, 15) is 0 Å². The quantitative estimate of drug-likeness (QED) is 0.643. The van der Waals surface area contributed by atoms with Crippen LogP contribution in [-0.4, -0.2) is 31.0 Å². The van der Waals surface area contributed by atoms with Gasteiger partial charge in [0, 0.05) is 24.5 Å². The van der Waals surface area contributed by atoms with Gasteiger partial charge in [-0.15, -0.1) is 0 Å². The van der Waals surface area contributed by atoms with Crippen LogP contribution in [0.4, 0.5) is 17.5 Å². The lowest BCUT2D eigenvalue weighted by molar-refractivity contribution is 0.174. The summed E-state index contributed by atoms with van der Waals surface area (Å²) in [6.07, 6.45) is 1.69. The van der Waals surface area contributed by atoms with E-state index in [1.807, 2.05) is 42.5 Å². The number of nitrogens with one attached hydrogen (secondary N) is 2. The van der Waals surface area contributed by atoms with Crippen molar-refractivity contribution < 1.29 is 18.9 Å². The van der Waals surface area contributed by atoms with Crippen molar-refractivity contribution in [3.05, 3.63) is 54.2 Å². The molecule has 0 saturated carbocycles. The predicted octanol–water partition coefficient (Wildman–Crippen LogP) is 3.58. The van der Waals surface area contributed by atoms with E-state index in [2.05, 4.69) is 20.6 Å². The van der Waals surface area contributed by atoms with Gasteiger partial charge in [-0.25, -0.2) is 4.98 Å². The first-order valence-electron chi connectivity index (χ1n) is 8.69. The standard InChI is InChI=1S/C20H20N4O4/c1-25-15-5-3-13(9-17(15)26-2)11-22-19-7-8-21-20(24-19)23-14-4-6-16-18(10-14)28-12-27-16/h3-10H,11-12H2,1-2H3,(H2,21,22,23,24). The molecule has 0 fully saturated rings. The molecule has 8 heteroatoms. The first-order valence-corrected chi connectivity index (χ1v) is 8.69. The minimum atomic E-state index is 0.241. The van der Waals surface area contributed by atoms with E-state index >= 15 is 0 Å². The molecular formula is C20H20N4O4. The highest BCUT2D eigenvalue weighted by molar-refractivity contribution is 5.61. The van der Waals surface area contributed by atoms with Gasteiger partial charge in [-0.2, -0.15) is 4.98 Å². The molecule has 0 unspecified atom stereocenters. The molecular weight excluding hydrogens is 360 g/mol. The van der Waals surface area contributed by atoms with E-state index < -0.39 is 0 Å². The smallest absolute Gasteiger partial charge is 0.231 e. The third-order valence-electron chi connectivity index (χ3n) is 4.21. The number of fused-ring (bicyclic) bond motifs is 1. The van der Waals surface area contributed by atoms with Crippen LogP contribution in [0, 0.1) is 0 Å². The Bertz CT molecular complexity index is 980. The molecule has 0 radical (unpaired) electrons. The molecule has 0 amide bonds. The maximum Gasteiger partial charge on any atom is 0.231 e. The second kappa shape index (κ2) is 7.91. The summed E-state index contributed by atoms with van der Waals surface area (Å²) >= 11 is 0. The third-order valence-corrected chi connectivity index (χ3v) is 4.21. The summed E-state index contributed by atoms with van der Waals surface area (Å²) in [5.74, 6) is 4.01. The molecule has 0 bridgehead atoms. The van der Waals surface area contributed by atoms with Crippen molar-refractivity contribution in [2.75, 3.05) is 31.6 Å². The van der Waals surface area contributed by atoms with Crippen molar-refractivity contribution in [3.8, 4) is 23.0 Å². The lowest BCUT2D eigenvalue weighted by atomic mass is 10.2. The number of aromatic nitrogens is 2. The van der Waals surface area contributed by atoms with Crippen LogP contribution >= 0.6 is 0 Å². The number of hydrogen-bond donors (Lipinski definition) is 2. The van der Waals surface area contributed by atoms with E-state index in [4.69, 9.17) is 18.9 Å². The van der Waals surface area contributed by atoms with Crippen molar-refractivity contribution in [2.24, 2.45) is 0 Å². The molecule has 0 spiro atoms. The third kappa shape index (κ3) is 3.85. The molecule has 144 valence electrons. The average molecular weight is 380 g/mol. The number of anilines is 3. The Labute approximate surface area is 162 Å². The number of methoxy groups -OCH3 is 2. The second-order valence-electron chi connectivity index (χ2n) is 6.00. The van der Waals surface area contributed by atoms with Crippen LogP contribution in [0.1, 0.15) is 5.56 Å². The minimum absolute atomic E-state index is 0.241. The van der Waals surface area contributed by atoms with Crippen LogP contribution < -0.4 is 29.6 Å². The van der Waals surface area contributed by atoms with E-state index in [0.717, 1.165) is 17.0 Å². The highest BCUT2D eigenvalue weighted by Crippen LogP contribution is 2.34. The first kappa shape index (κ1) is 17.7. The number of ether oxygens (including phenoxy) is 4. The lowest BCUT2D eigenvalue weighted by Crippen LogP contribution is -2.04. The summed E-state index contributed by atoms with van der Waals surface area (Å²) < 4.78 is 21.3. The van der Waals surface area contributed by atoms with E-state index in [1.54, 1.807) is 20.4 Å². The van der Waals surface area contributed by atoms with Gasteiger partial charge in [0.15, 0.2) is 23.0 Å². The maximum atomic E-state index is 5.39. The molecule has 8 nitrogen and oxygen atoms in total. The van der Waals surface area contributed by atoms with Crippen molar-refractivity contribution in [1.29, 1.82) is 0 Å². The largest absolute Gasteiger partial charge is 0.493 e. The highest BCUT2D eigenvalue weighted by atomic mass is 16.7. The van der Waals surface area contributed by atoms with Gasteiger partial charge >= 0.3 is 0 Å². The summed E-state index contributed by atoms with van der Waals surface area (Å²) in [6, 6.07) is 13.2. The van der Waals surface area contributed by atoms with Crippen LogP contribution in [0.5, 0.6) is 23.0 Å². The van der Waals surface area contributed by atoms with Crippen molar-refractivity contribution in [3.63, 3.8) is 0 Å². The number of rotatable bonds is 7. The molecule has 4 rings (SSSR count). The van der Waals surface area contributed by atoms with Crippen LogP contribution in [0.3, 0.4) is 0 Å². The first-order chi connectivity index (χ1) is 13.7. The minimum Gasteiger partial charge on any atom is -0.493 e. The molecule has 0 atom stereocenters. The van der Waals surface area contributed by atoms with Crippen LogP contribution in [0.2, 0.25) is 0 Å². The van der Waals surface area contributed by atoms with Gasteiger partial charge in [0.1, 0.15) is 5.82 Å². The summed E-state index contributed by atoms with van der Waals surface area (Å²) in [4.78, 5) is 8.75. The van der Waals surface area contributed by atoms with Crippen LogP contribution in [0.15, 0.2) is 48.7 Å². The van der Waals surface area contributed by atoms with Gasteiger partial charge in [0.2, 0.25) is 12.7 Å². The van der Waals surface area contributed by atoms with Gasteiger partial charge < -0.3 is 29.6 Å². The molecule has 0 saturated heterocycles. The van der Waals surface area contributed by atoms with Crippen molar-refractivity contribution in [2.45, 2.75) is 6.54 Å². The number of hydrogen-bond acceptors (Lipinski definition) is 8. The van der Waals surface area contributed by atoms with E-state index in [-0.39, 0.29) is 6.79 Å². The van der Waals surface area contributed by atoms with Gasteiger partial charge in [-0.05, 0) is 35.9 Å². The molecule has 2 heterocycles. The molecule has 0 aliphatic carbocycles. The maximum absolute atomic E-state index is 5.39. The molecule has 2 N–H and O–H groups in total. The Hall–Kier alpha value is -3.68. The van der Waals surface area contributed by atoms with Gasteiger partial charge in [0.25, 0.3) is 0 Å². The molecule has 1 aliphatic heterocycles. The molecule has 2 aromatic carbocycles. The van der Waals surface area contributed by atoms with E-state index in [0.29, 0.717) is 35.6 Å². The predicted molar refractivity (Wildman–Crippen MR) is 105 cm³/mol. The Morgan fingerprint density at radius 1 is 0.964 bits per heavy atom. The zero-order valence-electron chi connectivity index (χ0n) is 15.6. The number of nitrogens with zero attached hydrogens (tertiary/aromatic N) is 2. The fraction of sp³-hybridized carbons (Fsp3) is 0.200. The zero-order chi connectivity index (χ0) is 19.3. The zero-order valence-corrected chi connectivity index (χ0v) is 15.6. The summed E-state index contributed by atoms with van der Waals surface area (Å²) in [5.41, 5.74) is 1.86. The average Bonchev–Trinajstić information content (AvgIpc) is 3.20. The van der Waals surface area contributed by atoms with Gasteiger partial charge in [0.05, 0.1) is 14.2 Å². The SMILES string of the molecule is COc1ccc(CNc2ccnc(Nc3ccc4c(c3)OCO4)n2)cc1OC. The topological polar surface area (TPSA) is 86.8 Å². The van der Waals surface area contributed by atoms with Crippen molar-refractivity contribution >= 4 is 17.5 Å². The fourth-order valence-corrected chi connectivity index (χ4v) is 2.80. The monoisotopic (exact) mass is 380 g/mol. The van der Waals surface area contributed by atoms with E-state index in [1.165, 1.54) is 0 Å². The summed E-state index contributed by atoms with van der Waals surface area (Å²) in [5, 5.41) is 6.46. The highest BCUT2D eigenvalue weighted by Gasteiger charge is 2.13. The molecule has 1 aliphatic rings. The van der Waals surface area contributed by atoms with Gasteiger partial charge in [-0.3, -0.25) is 0 Å². The van der Waals surface area contributed by atoms with Gasteiger partial charge in [-0.1, -0.05) is 6.07 Å². The summed E-state index contributed by atoms with van der Waals surface area (Å²) in [7, 11) is 3.24.